The quantitative estimate of drug-likeness (QED) is 0.203. The molecule has 0 bridgehead atoms. The van der Waals surface area contributed by atoms with E-state index in [1.807, 2.05) is 48.5 Å². The minimum atomic E-state index is -0.456. The van der Waals surface area contributed by atoms with E-state index in [4.69, 9.17) is 23.2 Å². The predicted octanol–water partition coefficient (Wildman–Crippen LogP) is 7.04. The first-order chi connectivity index (χ1) is 17.0. The first-order valence-corrected chi connectivity index (χ1v) is 13.9. The average molecular weight is 559 g/mol. The van der Waals surface area contributed by atoms with Crippen LogP contribution >= 0.6 is 58.1 Å². The van der Waals surface area contributed by atoms with Crippen LogP contribution in [-0.2, 0) is 9.59 Å². The minimum Gasteiger partial charge on any atom is -0.272 e. The van der Waals surface area contributed by atoms with Crippen LogP contribution < -0.4 is 5.43 Å². The Morgan fingerprint density at radius 1 is 1.06 bits per heavy atom. The topological polar surface area (TPSA) is 62.3 Å². The summed E-state index contributed by atoms with van der Waals surface area (Å²) in [6.07, 6.45) is 1.78. The number of hydrogen-bond donors (Lipinski definition) is 1. The summed E-state index contributed by atoms with van der Waals surface area (Å²) in [4.78, 5) is 31.2. The molecule has 35 heavy (non-hydrogen) atoms. The molecule has 1 fully saturated rings. The van der Waals surface area contributed by atoms with Gasteiger partial charge in [-0.3, -0.25) is 15.0 Å². The number of thiazole rings is 1. The summed E-state index contributed by atoms with van der Waals surface area (Å²) in [5.74, 6) is -0.457. The molecular formula is C25H17Cl2N3O2S3. The number of thioether (sulfide) groups is 2. The summed E-state index contributed by atoms with van der Waals surface area (Å²) in [6.45, 7) is 0. The lowest BCUT2D eigenvalue weighted by atomic mass is 10.2. The second-order valence-corrected chi connectivity index (χ2v) is 11.8. The Labute approximate surface area is 224 Å². The van der Waals surface area contributed by atoms with Crippen molar-refractivity contribution >= 4 is 86.2 Å². The van der Waals surface area contributed by atoms with E-state index in [1.165, 1.54) is 39.9 Å². The maximum absolute atomic E-state index is 13.3. The summed E-state index contributed by atoms with van der Waals surface area (Å²) in [5.41, 5.74) is 5.32. The van der Waals surface area contributed by atoms with Crippen molar-refractivity contribution in [3.8, 4) is 0 Å². The van der Waals surface area contributed by atoms with Crippen LogP contribution in [0.2, 0.25) is 10.0 Å². The van der Waals surface area contributed by atoms with Crippen LogP contribution in [0.3, 0.4) is 0 Å². The number of hydrogen-bond acceptors (Lipinski definition) is 6. The number of carbonyl (C=O) groups excluding carboxylic acids is 2. The van der Waals surface area contributed by atoms with Gasteiger partial charge in [0.2, 0.25) is 5.91 Å². The van der Waals surface area contributed by atoms with E-state index in [-0.39, 0.29) is 17.6 Å². The standard InChI is InChI=1S/C25H17Cl2N3O2S3/c26-17-7-3-5-15(11-17)12-21-23(32)30(24(34-21)16-6-4-8-18(27)13-16)29-22(31)14-33-25-28-19-9-1-2-10-20(19)35-25/h1-13,24H,14H2,(H,29,31)/b21-12-. The number of benzene rings is 3. The van der Waals surface area contributed by atoms with Crippen molar-refractivity contribution in [2.45, 2.75) is 9.71 Å². The lowest BCUT2D eigenvalue weighted by Gasteiger charge is -2.24. The van der Waals surface area contributed by atoms with Gasteiger partial charge in [-0.05, 0) is 53.6 Å². The molecule has 1 aromatic heterocycles. The summed E-state index contributed by atoms with van der Waals surface area (Å²) >= 11 is 16.6. The SMILES string of the molecule is O=C(CSc1nc2ccccc2s1)NN1C(=O)/C(=C/c2cccc(Cl)c2)SC1c1cccc(Cl)c1. The van der Waals surface area contributed by atoms with Gasteiger partial charge in [0, 0.05) is 10.0 Å². The first kappa shape index (κ1) is 24.2. The van der Waals surface area contributed by atoms with E-state index in [0.29, 0.717) is 15.0 Å². The Kier molecular flexibility index (Phi) is 7.36. The van der Waals surface area contributed by atoms with E-state index < -0.39 is 5.37 Å². The van der Waals surface area contributed by atoms with E-state index >= 15 is 0 Å². The summed E-state index contributed by atoms with van der Waals surface area (Å²) in [7, 11) is 0. The van der Waals surface area contributed by atoms with Crippen LogP contribution in [0, 0.1) is 0 Å². The van der Waals surface area contributed by atoms with E-state index in [9.17, 15) is 9.59 Å². The van der Waals surface area contributed by atoms with Crippen LogP contribution in [0.25, 0.3) is 16.3 Å². The van der Waals surface area contributed by atoms with Gasteiger partial charge in [0.05, 0.1) is 20.9 Å². The van der Waals surface area contributed by atoms with Gasteiger partial charge < -0.3 is 0 Å². The maximum atomic E-state index is 13.3. The van der Waals surface area contributed by atoms with Crippen LogP contribution in [0.1, 0.15) is 16.5 Å². The zero-order valence-electron chi connectivity index (χ0n) is 18.0. The molecule has 176 valence electrons. The third kappa shape index (κ3) is 5.68. The van der Waals surface area contributed by atoms with Crippen molar-refractivity contribution in [3.05, 3.63) is 98.9 Å². The summed E-state index contributed by atoms with van der Waals surface area (Å²) in [6, 6.07) is 22.4. The Bertz CT molecular complexity index is 1420. The molecule has 1 aliphatic heterocycles. The van der Waals surface area contributed by atoms with Gasteiger partial charge in [-0.2, -0.15) is 0 Å². The number of para-hydroxylation sites is 1. The Morgan fingerprint density at radius 2 is 1.83 bits per heavy atom. The molecule has 3 aromatic carbocycles. The zero-order valence-corrected chi connectivity index (χ0v) is 21.9. The molecule has 5 rings (SSSR count). The molecule has 0 aliphatic carbocycles. The van der Waals surface area contributed by atoms with Crippen molar-refractivity contribution in [2.24, 2.45) is 0 Å². The minimum absolute atomic E-state index is 0.129. The van der Waals surface area contributed by atoms with Gasteiger partial charge in [-0.25, -0.2) is 9.99 Å². The number of halogens is 2. The third-order valence-electron chi connectivity index (χ3n) is 5.03. The van der Waals surface area contributed by atoms with Gasteiger partial charge in [0.15, 0.2) is 4.34 Å². The molecule has 1 atom stereocenters. The monoisotopic (exact) mass is 557 g/mol. The van der Waals surface area contributed by atoms with Gasteiger partial charge in [0.25, 0.3) is 5.91 Å². The maximum Gasteiger partial charge on any atom is 0.280 e. The second kappa shape index (κ2) is 10.6. The average Bonchev–Trinajstić information content (AvgIpc) is 3.39. The molecule has 1 unspecified atom stereocenters. The van der Waals surface area contributed by atoms with Crippen LogP contribution in [-0.4, -0.2) is 27.6 Å². The van der Waals surface area contributed by atoms with Crippen LogP contribution in [0.4, 0.5) is 0 Å². The molecule has 10 heteroatoms. The highest BCUT2D eigenvalue weighted by atomic mass is 35.5. The normalized spacial score (nSPS) is 16.9. The van der Waals surface area contributed by atoms with Crippen molar-refractivity contribution in [3.63, 3.8) is 0 Å². The number of nitrogens with zero attached hydrogens (tertiary/aromatic N) is 2. The molecular weight excluding hydrogens is 541 g/mol. The predicted molar refractivity (Wildman–Crippen MR) is 147 cm³/mol. The van der Waals surface area contributed by atoms with Gasteiger partial charge in [0.1, 0.15) is 5.37 Å². The molecule has 2 amide bonds. The number of carbonyl (C=O) groups is 2. The van der Waals surface area contributed by atoms with Gasteiger partial charge in [-0.1, -0.05) is 83.1 Å². The lowest BCUT2D eigenvalue weighted by Crippen LogP contribution is -2.45. The second-order valence-electron chi connectivity index (χ2n) is 7.54. The fraction of sp³-hybridized carbons (Fsp3) is 0.0800. The van der Waals surface area contributed by atoms with Crippen molar-refractivity contribution in [1.82, 2.24) is 15.4 Å². The summed E-state index contributed by atoms with van der Waals surface area (Å²) < 4.78 is 1.87. The van der Waals surface area contributed by atoms with E-state index in [0.717, 1.165) is 25.7 Å². The number of aromatic nitrogens is 1. The number of rotatable bonds is 6. The fourth-order valence-corrected chi connectivity index (χ4v) is 6.92. The van der Waals surface area contributed by atoms with Crippen molar-refractivity contribution in [1.29, 1.82) is 0 Å². The molecule has 0 saturated carbocycles. The van der Waals surface area contributed by atoms with Gasteiger partial charge in [-0.15, -0.1) is 11.3 Å². The van der Waals surface area contributed by atoms with E-state index in [2.05, 4.69) is 10.4 Å². The highest BCUT2D eigenvalue weighted by molar-refractivity contribution is 8.04. The van der Waals surface area contributed by atoms with Crippen LogP contribution in [0.5, 0.6) is 0 Å². The molecule has 0 spiro atoms. The molecule has 2 heterocycles. The fourth-order valence-electron chi connectivity index (χ4n) is 3.49. The third-order valence-corrected chi connectivity index (χ3v) is 8.93. The summed E-state index contributed by atoms with van der Waals surface area (Å²) in [5, 5.41) is 2.05. The van der Waals surface area contributed by atoms with Crippen molar-refractivity contribution < 1.29 is 9.59 Å². The highest BCUT2D eigenvalue weighted by Crippen LogP contribution is 2.45. The number of fused-ring (bicyclic) bond motifs is 1. The number of amides is 2. The Balaban J connectivity index is 1.35. The van der Waals surface area contributed by atoms with Gasteiger partial charge >= 0.3 is 0 Å². The molecule has 1 aliphatic rings. The van der Waals surface area contributed by atoms with Crippen molar-refractivity contribution in [2.75, 3.05) is 5.75 Å². The molecule has 5 nitrogen and oxygen atoms in total. The van der Waals surface area contributed by atoms with Crippen LogP contribution in [0.15, 0.2) is 82.0 Å². The number of hydrazine groups is 1. The smallest absolute Gasteiger partial charge is 0.272 e. The van der Waals surface area contributed by atoms with E-state index in [1.54, 1.807) is 30.3 Å². The molecule has 1 N–H and O–H groups in total. The first-order valence-electron chi connectivity index (χ1n) is 10.5. The molecule has 0 radical (unpaired) electrons. The largest absolute Gasteiger partial charge is 0.280 e. The Hall–Kier alpha value is -2.49. The lowest BCUT2D eigenvalue weighted by molar-refractivity contribution is -0.137. The zero-order chi connectivity index (χ0) is 24.4. The molecule has 4 aromatic rings. The number of nitrogens with one attached hydrogen (secondary N) is 1. The molecule has 1 saturated heterocycles. The Morgan fingerprint density at radius 3 is 2.60 bits per heavy atom. The highest BCUT2D eigenvalue weighted by Gasteiger charge is 2.38.